The van der Waals surface area contributed by atoms with Crippen molar-refractivity contribution in [3.63, 3.8) is 0 Å². The second kappa shape index (κ2) is 7.08. The first-order valence-electron chi connectivity index (χ1n) is 10.8. The lowest BCUT2D eigenvalue weighted by Gasteiger charge is -2.57. The molecule has 0 radical (unpaired) electrons. The first kappa shape index (κ1) is 17.5. The number of ether oxygens (including phenoxy) is 1. The number of guanidine groups is 1. The monoisotopic (exact) mass is 372 g/mol. The van der Waals surface area contributed by atoms with Crippen LogP contribution in [0.15, 0.2) is 11.3 Å². The molecule has 27 heavy (non-hydrogen) atoms. The molecule has 2 N–H and O–H groups in total. The predicted octanol–water partition coefficient (Wildman–Crippen LogP) is 2.30. The molecule has 3 atom stereocenters. The molecule has 4 fully saturated rings. The number of likely N-dealkylation sites (tertiary alicyclic amines) is 1. The fourth-order valence-corrected chi connectivity index (χ4v) is 6.21. The van der Waals surface area contributed by atoms with E-state index < -0.39 is 0 Å². The summed E-state index contributed by atoms with van der Waals surface area (Å²) < 4.78 is 6.15. The van der Waals surface area contributed by atoms with Gasteiger partial charge in [-0.25, -0.2) is 4.98 Å². The molecule has 0 bridgehead atoms. The van der Waals surface area contributed by atoms with E-state index in [0.29, 0.717) is 29.4 Å². The van der Waals surface area contributed by atoms with E-state index >= 15 is 0 Å². The van der Waals surface area contributed by atoms with Gasteiger partial charge in [0.05, 0.1) is 6.10 Å². The maximum absolute atomic E-state index is 6.15. The molecule has 148 valence electrons. The van der Waals surface area contributed by atoms with Gasteiger partial charge in [0.2, 0.25) is 0 Å². The van der Waals surface area contributed by atoms with Crippen molar-refractivity contribution in [3.8, 4) is 0 Å². The zero-order valence-electron chi connectivity index (χ0n) is 16.4. The van der Waals surface area contributed by atoms with E-state index in [1.54, 1.807) is 6.33 Å². The molecular formula is C20H32N6O. The van der Waals surface area contributed by atoms with E-state index in [1.165, 1.54) is 32.1 Å². The van der Waals surface area contributed by atoms with Gasteiger partial charge in [0, 0.05) is 49.5 Å². The highest BCUT2D eigenvalue weighted by molar-refractivity contribution is 5.80. The SMILES string of the molecule is CCN=C(NC1C2CCOC2C12CCCC2)N1CCC(c2ncn[nH]2)CC1. The van der Waals surface area contributed by atoms with Crippen LogP contribution in [0.25, 0.3) is 0 Å². The molecular weight excluding hydrogens is 340 g/mol. The number of hydrogen-bond acceptors (Lipinski definition) is 4. The van der Waals surface area contributed by atoms with Crippen molar-refractivity contribution in [2.24, 2.45) is 16.3 Å². The molecule has 4 aliphatic rings. The molecule has 7 heteroatoms. The third-order valence-corrected chi connectivity index (χ3v) is 7.49. The van der Waals surface area contributed by atoms with E-state index in [1.807, 2.05) is 0 Å². The third kappa shape index (κ3) is 2.85. The average molecular weight is 373 g/mol. The number of hydrogen-bond donors (Lipinski definition) is 2. The van der Waals surface area contributed by atoms with Crippen LogP contribution in [0, 0.1) is 11.3 Å². The van der Waals surface area contributed by atoms with Gasteiger partial charge in [-0.1, -0.05) is 12.8 Å². The van der Waals surface area contributed by atoms with Crippen LogP contribution >= 0.6 is 0 Å². The lowest BCUT2D eigenvalue weighted by Crippen LogP contribution is -2.69. The molecule has 5 rings (SSSR count). The summed E-state index contributed by atoms with van der Waals surface area (Å²) in [5.41, 5.74) is 0.369. The lowest BCUT2D eigenvalue weighted by atomic mass is 9.54. The molecule has 1 aromatic rings. The highest BCUT2D eigenvalue weighted by Crippen LogP contribution is 2.60. The van der Waals surface area contributed by atoms with Crippen molar-refractivity contribution in [2.75, 3.05) is 26.2 Å². The number of aromatic nitrogens is 3. The Kier molecular flexibility index (Phi) is 4.58. The van der Waals surface area contributed by atoms with Gasteiger partial charge in [0.1, 0.15) is 12.2 Å². The summed E-state index contributed by atoms with van der Waals surface area (Å²) in [6.45, 7) is 5.96. The van der Waals surface area contributed by atoms with Gasteiger partial charge in [-0.3, -0.25) is 10.1 Å². The minimum Gasteiger partial charge on any atom is -0.377 e. The summed E-state index contributed by atoms with van der Waals surface area (Å²) in [4.78, 5) is 11.7. The van der Waals surface area contributed by atoms with E-state index in [9.17, 15) is 0 Å². The highest BCUT2D eigenvalue weighted by Gasteiger charge is 2.65. The highest BCUT2D eigenvalue weighted by atomic mass is 16.5. The summed E-state index contributed by atoms with van der Waals surface area (Å²) in [6.07, 6.45) is 10.9. The zero-order chi connectivity index (χ0) is 18.3. The van der Waals surface area contributed by atoms with Crippen LogP contribution in [0.1, 0.15) is 63.6 Å². The predicted molar refractivity (Wildman–Crippen MR) is 104 cm³/mol. The summed E-state index contributed by atoms with van der Waals surface area (Å²) in [6, 6.07) is 0.546. The summed E-state index contributed by atoms with van der Waals surface area (Å²) in [5.74, 6) is 3.32. The normalized spacial score (nSPS) is 33.3. The van der Waals surface area contributed by atoms with Gasteiger partial charge in [-0.05, 0) is 39.0 Å². The van der Waals surface area contributed by atoms with Crippen LogP contribution in [0.5, 0.6) is 0 Å². The van der Waals surface area contributed by atoms with Gasteiger partial charge < -0.3 is 15.0 Å². The molecule has 1 aromatic heterocycles. The topological polar surface area (TPSA) is 78.4 Å². The maximum atomic E-state index is 6.15. The van der Waals surface area contributed by atoms with E-state index in [-0.39, 0.29) is 0 Å². The third-order valence-electron chi connectivity index (χ3n) is 7.49. The standard InChI is InChI=1S/C20H32N6O/c1-2-21-19(26-10-5-14(6-11-26)18-22-13-23-25-18)24-16-15-7-12-27-17(15)20(16)8-3-4-9-20/h13-17H,2-12H2,1H3,(H,21,24)(H,22,23,25). The second-order valence-electron chi connectivity index (χ2n) is 8.74. The van der Waals surface area contributed by atoms with Gasteiger partial charge >= 0.3 is 0 Å². The van der Waals surface area contributed by atoms with E-state index in [2.05, 4.69) is 32.3 Å². The van der Waals surface area contributed by atoms with Gasteiger partial charge in [-0.15, -0.1) is 0 Å². The van der Waals surface area contributed by atoms with Crippen LogP contribution in [0.4, 0.5) is 0 Å². The van der Waals surface area contributed by atoms with Gasteiger partial charge in [0.25, 0.3) is 0 Å². The molecule has 3 unspecified atom stereocenters. The van der Waals surface area contributed by atoms with E-state index in [4.69, 9.17) is 9.73 Å². The fraction of sp³-hybridized carbons (Fsp3) is 0.850. The quantitative estimate of drug-likeness (QED) is 0.629. The first-order chi connectivity index (χ1) is 13.3. The van der Waals surface area contributed by atoms with Gasteiger partial charge in [0.15, 0.2) is 5.96 Å². The Morgan fingerprint density at radius 1 is 1.33 bits per heavy atom. The Hall–Kier alpha value is -1.63. The first-order valence-corrected chi connectivity index (χ1v) is 10.8. The Bertz CT molecular complexity index is 660. The second-order valence-corrected chi connectivity index (χ2v) is 8.74. The average Bonchev–Trinajstić information content (AvgIpc) is 3.46. The molecule has 2 saturated carbocycles. The Balaban J connectivity index is 1.27. The van der Waals surface area contributed by atoms with Crippen LogP contribution in [-0.2, 0) is 4.74 Å². The molecule has 0 amide bonds. The molecule has 7 nitrogen and oxygen atoms in total. The molecule has 2 aliphatic heterocycles. The fourth-order valence-electron chi connectivity index (χ4n) is 6.21. The smallest absolute Gasteiger partial charge is 0.194 e. The molecule has 2 saturated heterocycles. The Morgan fingerprint density at radius 2 is 2.15 bits per heavy atom. The van der Waals surface area contributed by atoms with Crippen LogP contribution < -0.4 is 5.32 Å². The number of piperidine rings is 1. The minimum absolute atomic E-state index is 0.369. The number of aromatic amines is 1. The Morgan fingerprint density at radius 3 is 2.85 bits per heavy atom. The minimum atomic E-state index is 0.369. The van der Waals surface area contributed by atoms with Crippen molar-refractivity contribution >= 4 is 5.96 Å². The van der Waals surface area contributed by atoms with Crippen molar-refractivity contribution in [1.29, 1.82) is 0 Å². The van der Waals surface area contributed by atoms with Crippen molar-refractivity contribution in [2.45, 2.75) is 69.9 Å². The molecule has 1 spiro atoms. The van der Waals surface area contributed by atoms with Crippen LogP contribution in [0.3, 0.4) is 0 Å². The van der Waals surface area contributed by atoms with Crippen LogP contribution in [-0.4, -0.2) is 64.4 Å². The maximum Gasteiger partial charge on any atom is 0.194 e. The lowest BCUT2D eigenvalue weighted by molar-refractivity contribution is -0.125. The number of fused-ring (bicyclic) bond motifs is 2. The number of aliphatic imine (C=N–C) groups is 1. The summed E-state index contributed by atoms with van der Waals surface area (Å²) in [5, 5.41) is 11.0. The van der Waals surface area contributed by atoms with Crippen molar-refractivity contribution in [1.82, 2.24) is 25.4 Å². The van der Waals surface area contributed by atoms with Crippen LogP contribution in [0.2, 0.25) is 0 Å². The number of H-pyrrole nitrogens is 1. The van der Waals surface area contributed by atoms with E-state index in [0.717, 1.165) is 50.9 Å². The number of rotatable bonds is 3. The molecule has 2 aliphatic carbocycles. The number of nitrogens with one attached hydrogen (secondary N) is 2. The molecule has 0 aromatic carbocycles. The van der Waals surface area contributed by atoms with Gasteiger partial charge in [-0.2, -0.15) is 5.10 Å². The molecule has 3 heterocycles. The van der Waals surface area contributed by atoms with Crippen molar-refractivity contribution < 1.29 is 4.74 Å². The Labute approximate surface area is 161 Å². The largest absolute Gasteiger partial charge is 0.377 e. The van der Waals surface area contributed by atoms with Crippen molar-refractivity contribution in [3.05, 3.63) is 12.2 Å². The summed E-state index contributed by atoms with van der Waals surface area (Å²) in [7, 11) is 0. The zero-order valence-corrected chi connectivity index (χ0v) is 16.4. The summed E-state index contributed by atoms with van der Waals surface area (Å²) >= 11 is 0. The number of nitrogens with zero attached hydrogens (tertiary/aromatic N) is 4.